The van der Waals surface area contributed by atoms with Gasteiger partial charge in [0.15, 0.2) is 0 Å². The fourth-order valence-corrected chi connectivity index (χ4v) is 2.09. The molecule has 0 aromatic carbocycles. The third-order valence-corrected chi connectivity index (χ3v) is 2.78. The fraction of sp³-hybridized carbons (Fsp3) is 0.600. The highest BCUT2D eigenvalue weighted by Crippen LogP contribution is 2.17. The van der Waals surface area contributed by atoms with Gasteiger partial charge in [0.25, 0.3) is 0 Å². The summed E-state index contributed by atoms with van der Waals surface area (Å²) in [4.78, 5) is 20.1. The number of hydrogen-bond acceptors (Lipinski definition) is 3. The van der Waals surface area contributed by atoms with Crippen LogP contribution in [0.25, 0.3) is 0 Å². The lowest BCUT2D eigenvalue weighted by Crippen LogP contribution is -2.51. The SMILES string of the molecule is C=C(C)N=CC(=C)N1CCN(CC(C)(C)C)CC1=O. The van der Waals surface area contributed by atoms with Crippen molar-refractivity contribution in [1.29, 1.82) is 0 Å². The largest absolute Gasteiger partial charge is 0.309 e. The Morgan fingerprint density at radius 3 is 2.47 bits per heavy atom. The molecule has 1 fully saturated rings. The molecule has 0 saturated carbocycles. The van der Waals surface area contributed by atoms with Gasteiger partial charge in [-0.1, -0.05) is 33.9 Å². The predicted octanol–water partition coefficient (Wildman–Crippen LogP) is 2.29. The van der Waals surface area contributed by atoms with E-state index in [-0.39, 0.29) is 11.3 Å². The first-order valence-corrected chi connectivity index (χ1v) is 6.60. The number of allylic oxidation sites excluding steroid dienone is 2. The molecule has 0 N–H and O–H groups in total. The van der Waals surface area contributed by atoms with Crippen molar-refractivity contribution in [2.45, 2.75) is 27.7 Å². The molecule has 4 heteroatoms. The van der Waals surface area contributed by atoms with Gasteiger partial charge in [0, 0.05) is 25.3 Å². The minimum atomic E-state index is 0.0914. The summed E-state index contributed by atoms with van der Waals surface area (Å²) in [5.74, 6) is 0.0914. The second kappa shape index (κ2) is 6.15. The van der Waals surface area contributed by atoms with E-state index in [1.807, 2.05) is 6.92 Å². The maximum absolute atomic E-state index is 12.1. The van der Waals surface area contributed by atoms with Crippen molar-refractivity contribution in [1.82, 2.24) is 9.80 Å². The molecule has 0 spiro atoms. The van der Waals surface area contributed by atoms with Crippen LogP contribution in [-0.4, -0.2) is 48.1 Å². The van der Waals surface area contributed by atoms with Crippen molar-refractivity contribution in [3.05, 3.63) is 24.6 Å². The van der Waals surface area contributed by atoms with Gasteiger partial charge in [0.05, 0.1) is 18.5 Å². The van der Waals surface area contributed by atoms with Gasteiger partial charge in [-0.3, -0.25) is 14.7 Å². The molecule has 1 saturated heterocycles. The highest BCUT2D eigenvalue weighted by Gasteiger charge is 2.27. The minimum absolute atomic E-state index is 0.0914. The molecule has 0 bridgehead atoms. The lowest BCUT2D eigenvalue weighted by Gasteiger charge is -2.37. The van der Waals surface area contributed by atoms with Crippen molar-refractivity contribution in [2.75, 3.05) is 26.2 Å². The first-order chi connectivity index (χ1) is 8.69. The average molecular weight is 263 g/mol. The van der Waals surface area contributed by atoms with Crippen LogP contribution < -0.4 is 0 Å². The molecule has 4 nitrogen and oxygen atoms in total. The zero-order chi connectivity index (χ0) is 14.6. The van der Waals surface area contributed by atoms with E-state index in [1.165, 1.54) is 0 Å². The van der Waals surface area contributed by atoms with Crippen molar-refractivity contribution >= 4 is 12.1 Å². The smallest absolute Gasteiger partial charge is 0.241 e. The Balaban J connectivity index is 2.57. The van der Waals surface area contributed by atoms with Gasteiger partial charge in [-0.2, -0.15) is 0 Å². The second-order valence-corrected chi connectivity index (χ2v) is 6.30. The zero-order valence-corrected chi connectivity index (χ0v) is 12.6. The number of amides is 1. The summed E-state index contributed by atoms with van der Waals surface area (Å²) in [6, 6.07) is 0. The van der Waals surface area contributed by atoms with Crippen molar-refractivity contribution in [3.8, 4) is 0 Å². The molecule has 0 aromatic rings. The molecule has 1 heterocycles. The maximum atomic E-state index is 12.1. The maximum Gasteiger partial charge on any atom is 0.241 e. The van der Waals surface area contributed by atoms with E-state index in [1.54, 1.807) is 11.1 Å². The normalized spacial score (nSPS) is 18.1. The van der Waals surface area contributed by atoms with E-state index < -0.39 is 0 Å². The number of rotatable bonds is 4. The molecule has 1 rings (SSSR count). The summed E-state index contributed by atoms with van der Waals surface area (Å²) in [6.45, 7) is 18.9. The van der Waals surface area contributed by atoms with Crippen LogP contribution in [0.15, 0.2) is 29.5 Å². The monoisotopic (exact) mass is 263 g/mol. The standard InChI is InChI=1S/C15H25N3O/c1-12(2)16-9-13(3)18-8-7-17(10-14(18)19)11-15(4,5)6/h9H,1,3,7-8,10-11H2,2,4-6H3. The first kappa shape index (κ1) is 15.6. The molecule has 1 aliphatic rings. The van der Waals surface area contributed by atoms with E-state index in [0.29, 0.717) is 24.5 Å². The summed E-state index contributed by atoms with van der Waals surface area (Å²) >= 11 is 0. The van der Waals surface area contributed by atoms with E-state index in [4.69, 9.17) is 0 Å². The summed E-state index contributed by atoms with van der Waals surface area (Å²) in [7, 11) is 0. The quantitative estimate of drug-likeness (QED) is 0.730. The van der Waals surface area contributed by atoms with E-state index in [9.17, 15) is 4.79 Å². The summed E-state index contributed by atoms with van der Waals surface area (Å²) in [5.41, 5.74) is 1.56. The summed E-state index contributed by atoms with van der Waals surface area (Å²) < 4.78 is 0. The number of carbonyl (C=O) groups is 1. The van der Waals surface area contributed by atoms with Crippen molar-refractivity contribution in [3.63, 3.8) is 0 Å². The number of hydrogen-bond donors (Lipinski definition) is 0. The molecule has 0 atom stereocenters. The van der Waals surface area contributed by atoms with E-state index in [0.717, 1.165) is 13.1 Å². The Kier molecular flexibility index (Phi) is 5.06. The predicted molar refractivity (Wildman–Crippen MR) is 80.1 cm³/mol. The lowest BCUT2D eigenvalue weighted by atomic mass is 9.96. The number of aliphatic imine (C=N–C) groups is 1. The van der Waals surface area contributed by atoms with Gasteiger partial charge in [-0.15, -0.1) is 0 Å². The van der Waals surface area contributed by atoms with Crippen LogP contribution >= 0.6 is 0 Å². The Morgan fingerprint density at radius 2 is 2.00 bits per heavy atom. The molecule has 0 unspecified atom stereocenters. The summed E-state index contributed by atoms with van der Waals surface area (Å²) in [5, 5.41) is 0. The number of nitrogens with zero attached hydrogens (tertiary/aromatic N) is 3. The molecule has 19 heavy (non-hydrogen) atoms. The van der Waals surface area contributed by atoms with Gasteiger partial charge < -0.3 is 4.90 Å². The highest BCUT2D eigenvalue weighted by molar-refractivity contribution is 5.89. The molecule has 0 radical (unpaired) electrons. The lowest BCUT2D eigenvalue weighted by molar-refractivity contribution is -0.133. The second-order valence-electron chi connectivity index (χ2n) is 6.30. The molecule has 0 aromatic heterocycles. The molecular formula is C15H25N3O. The van der Waals surface area contributed by atoms with Gasteiger partial charge >= 0.3 is 0 Å². The van der Waals surface area contributed by atoms with Crippen LogP contribution in [0.3, 0.4) is 0 Å². The first-order valence-electron chi connectivity index (χ1n) is 6.60. The van der Waals surface area contributed by atoms with Gasteiger partial charge in [0.2, 0.25) is 5.91 Å². The Labute approximate surface area is 116 Å². The average Bonchev–Trinajstić information content (AvgIpc) is 2.23. The number of piperazine rings is 1. The van der Waals surface area contributed by atoms with Crippen LogP contribution in [0.1, 0.15) is 27.7 Å². The van der Waals surface area contributed by atoms with Crippen molar-refractivity contribution < 1.29 is 4.79 Å². The Bertz CT molecular complexity index is 404. The fourth-order valence-electron chi connectivity index (χ4n) is 2.09. The van der Waals surface area contributed by atoms with E-state index in [2.05, 4.69) is 43.8 Å². The number of carbonyl (C=O) groups excluding carboxylic acids is 1. The summed E-state index contributed by atoms with van der Waals surface area (Å²) in [6.07, 6.45) is 1.61. The van der Waals surface area contributed by atoms with Crippen LogP contribution in [0.5, 0.6) is 0 Å². The molecule has 0 aliphatic carbocycles. The molecule has 1 aliphatic heterocycles. The third kappa shape index (κ3) is 5.39. The topological polar surface area (TPSA) is 35.9 Å². The zero-order valence-electron chi connectivity index (χ0n) is 12.6. The van der Waals surface area contributed by atoms with Gasteiger partial charge in [-0.25, -0.2) is 0 Å². The van der Waals surface area contributed by atoms with Gasteiger partial charge in [0.1, 0.15) is 0 Å². The van der Waals surface area contributed by atoms with Gasteiger partial charge in [-0.05, 0) is 12.3 Å². The van der Waals surface area contributed by atoms with Crippen LogP contribution in [0, 0.1) is 5.41 Å². The minimum Gasteiger partial charge on any atom is -0.309 e. The Morgan fingerprint density at radius 1 is 1.37 bits per heavy atom. The molecule has 106 valence electrons. The molecular weight excluding hydrogens is 238 g/mol. The Hall–Kier alpha value is -1.42. The van der Waals surface area contributed by atoms with Crippen LogP contribution in [0.4, 0.5) is 0 Å². The van der Waals surface area contributed by atoms with Crippen molar-refractivity contribution in [2.24, 2.45) is 10.4 Å². The molecule has 1 amide bonds. The highest BCUT2D eigenvalue weighted by atomic mass is 16.2. The van der Waals surface area contributed by atoms with E-state index >= 15 is 0 Å². The third-order valence-electron chi connectivity index (χ3n) is 2.78. The van der Waals surface area contributed by atoms with Crippen LogP contribution in [0.2, 0.25) is 0 Å². The van der Waals surface area contributed by atoms with Crippen LogP contribution in [-0.2, 0) is 4.79 Å².